The van der Waals surface area contributed by atoms with Crippen molar-refractivity contribution in [3.8, 4) is 11.5 Å². The molecule has 0 amide bonds. The molecule has 2 aromatic carbocycles. The first-order valence-corrected chi connectivity index (χ1v) is 6.83. The lowest BCUT2D eigenvalue weighted by Gasteiger charge is -2.12. The van der Waals surface area contributed by atoms with Gasteiger partial charge in [0.25, 0.3) is 0 Å². The Labute approximate surface area is 128 Å². The second-order valence-corrected chi connectivity index (χ2v) is 5.03. The minimum absolute atomic E-state index is 0.383. The largest absolute Gasteiger partial charge is 0.497 e. The van der Waals surface area contributed by atoms with Gasteiger partial charge in [0.05, 0.1) is 17.2 Å². The van der Waals surface area contributed by atoms with Crippen LogP contribution in [0.3, 0.4) is 0 Å². The van der Waals surface area contributed by atoms with Crippen LogP contribution in [0.4, 0.5) is 0 Å². The highest BCUT2D eigenvalue weighted by Crippen LogP contribution is 2.26. The van der Waals surface area contributed by atoms with E-state index in [1.165, 1.54) is 0 Å². The Morgan fingerprint density at radius 3 is 2.50 bits per heavy atom. The first-order chi connectivity index (χ1) is 9.63. The quantitative estimate of drug-likeness (QED) is 0.906. The molecule has 106 valence electrons. The van der Waals surface area contributed by atoms with Crippen LogP contribution in [-0.4, -0.2) is 7.11 Å². The minimum atomic E-state index is 0.383. The Bertz CT molecular complexity index is 602. The molecule has 0 heterocycles. The van der Waals surface area contributed by atoms with E-state index in [1.54, 1.807) is 19.2 Å². The van der Waals surface area contributed by atoms with E-state index in [1.807, 2.05) is 24.3 Å². The number of ether oxygens (including phenoxy) is 2. The zero-order valence-corrected chi connectivity index (χ0v) is 12.5. The van der Waals surface area contributed by atoms with Crippen molar-refractivity contribution in [2.24, 2.45) is 5.73 Å². The van der Waals surface area contributed by atoms with Crippen LogP contribution in [0.15, 0.2) is 36.4 Å². The molecule has 0 radical (unpaired) electrons. The van der Waals surface area contributed by atoms with Crippen LogP contribution in [0.2, 0.25) is 10.0 Å². The molecule has 0 bridgehead atoms. The second-order valence-electron chi connectivity index (χ2n) is 4.21. The van der Waals surface area contributed by atoms with E-state index in [9.17, 15) is 0 Å². The summed E-state index contributed by atoms with van der Waals surface area (Å²) in [5.74, 6) is 1.49. The van der Waals surface area contributed by atoms with E-state index in [2.05, 4.69) is 0 Å². The van der Waals surface area contributed by atoms with E-state index in [4.69, 9.17) is 38.4 Å². The summed E-state index contributed by atoms with van der Waals surface area (Å²) in [6.07, 6.45) is 0. The number of rotatable bonds is 5. The molecule has 0 spiro atoms. The molecule has 0 unspecified atom stereocenters. The van der Waals surface area contributed by atoms with E-state index in [0.29, 0.717) is 23.2 Å². The van der Waals surface area contributed by atoms with Gasteiger partial charge in [-0.05, 0) is 35.9 Å². The highest BCUT2D eigenvalue weighted by molar-refractivity contribution is 6.42. The number of methoxy groups -OCH3 is 1. The molecule has 20 heavy (non-hydrogen) atoms. The summed E-state index contributed by atoms with van der Waals surface area (Å²) >= 11 is 11.8. The standard InChI is InChI=1S/C15H15Cl2NO2/c1-19-12-3-5-15(11(7-12)8-18)20-9-10-2-4-13(16)14(17)6-10/h2-7H,8-9,18H2,1H3. The molecule has 0 aliphatic heterocycles. The summed E-state index contributed by atoms with van der Waals surface area (Å²) in [5, 5.41) is 1.05. The van der Waals surface area contributed by atoms with Crippen LogP contribution < -0.4 is 15.2 Å². The Kier molecular flexibility index (Phi) is 5.12. The number of halogens is 2. The van der Waals surface area contributed by atoms with Crippen LogP contribution in [0.1, 0.15) is 11.1 Å². The highest BCUT2D eigenvalue weighted by Gasteiger charge is 2.06. The predicted octanol–water partition coefficient (Wildman–Crippen LogP) is 4.04. The normalized spacial score (nSPS) is 10.4. The van der Waals surface area contributed by atoms with Gasteiger partial charge in [0.2, 0.25) is 0 Å². The van der Waals surface area contributed by atoms with Gasteiger partial charge < -0.3 is 15.2 Å². The Morgan fingerprint density at radius 2 is 1.85 bits per heavy atom. The lowest BCUT2D eigenvalue weighted by atomic mass is 10.2. The van der Waals surface area contributed by atoms with Gasteiger partial charge in [-0.15, -0.1) is 0 Å². The maximum absolute atomic E-state index is 5.97. The molecule has 0 aromatic heterocycles. The maximum Gasteiger partial charge on any atom is 0.124 e. The van der Waals surface area contributed by atoms with Crippen LogP contribution >= 0.6 is 23.2 Å². The maximum atomic E-state index is 5.97. The van der Waals surface area contributed by atoms with Gasteiger partial charge in [-0.2, -0.15) is 0 Å². The smallest absolute Gasteiger partial charge is 0.124 e. The van der Waals surface area contributed by atoms with Crippen molar-refractivity contribution < 1.29 is 9.47 Å². The molecular weight excluding hydrogens is 297 g/mol. The average Bonchev–Trinajstić information content (AvgIpc) is 2.48. The van der Waals surface area contributed by atoms with Gasteiger partial charge in [-0.25, -0.2) is 0 Å². The summed E-state index contributed by atoms with van der Waals surface area (Å²) in [7, 11) is 1.62. The third kappa shape index (κ3) is 3.57. The summed E-state index contributed by atoms with van der Waals surface area (Å²) < 4.78 is 10.9. The Morgan fingerprint density at radius 1 is 1.05 bits per heavy atom. The van der Waals surface area contributed by atoms with Crippen molar-refractivity contribution in [1.29, 1.82) is 0 Å². The monoisotopic (exact) mass is 311 g/mol. The minimum Gasteiger partial charge on any atom is -0.497 e. The molecule has 2 rings (SSSR count). The van der Waals surface area contributed by atoms with Crippen molar-refractivity contribution in [1.82, 2.24) is 0 Å². The Hall–Kier alpha value is -1.42. The Balaban J connectivity index is 2.12. The van der Waals surface area contributed by atoms with Crippen LogP contribution in [0.5, 0.6) is 11.5 Å². The van der Waals surface area contributed by atoms with Gasteiger partial charge in [0.1, 0.15) is 18.1 Å². The van der Waals surface area contributed by atoms with Gasteiger partial charge in [-0.1, -0.05) is 29.3 Å². The fourth-order valence-corrected chi connectivity index (χ4v) is 2.09. The predicted molar refractivity (Wildman–Crippen MR) is 81.7 cm³/mol. The van der Waals surface area contributed by atoms with Crippen molar-refractivity contribution in [3.05, 3.63) is 57.6 Å². The average molecular weight is 312 g/mol. The topological polar surface area (TPSA) is 44.5 Å². The molecule has 0 aliphatic rings. The summed E-state index contributed by atoms with van der Waals surface area (Å²) in [5.41, 5.74) is 7.55. The lowest BCUT2D eigenvalue weighted by molar-refractivity contribution is 0.302. The van der Waals surface area contributed by atoms with E-state index in [0.717, 1.165) is 22.6 Å². The summed E-state index contributed by atoms with van der Waals surface area (Å²) in [6.45, 7) is 0.782. The number of nitrogens with two attached hydrogens (primary N) is 1. The summed E-state index contributed by atoms with van der Waals surface area (Å²) in [4.78, 5) is 0. The van der Waals surface area contributed by atoms with E-state index in [-0.39, 0.29) is 0 Å². The van der Waals surface area contributed by atoms with Crippen LogP contribution in [0.25, 0.3) is 0 Å². The van der Waals surface area contributed by atoms with E-state index >= 15 is 0 Å². The molecule has 0 atom stereocenters. The molecule has 3 nitrogen and oxygen atoms in total. The SMILES string of the molecule is COc1ccc(OCc2ccc(Cl)c(Cl)c2)c(CN)c1. The number of hydrogen-bond donors (Lipinski definition) is 1. The molecule has 0 fully saturated rings. The molecular formula is C15H15Cl2NO2. The van der Waals surface area contributed by atoms with Gasteiger partial charge in [0.15, 0.2) is 0 Å². The number of benzene rings is 2. The van der Waals surface area contributed by atoms with Crippen LogP contribution in [-0.2, 0) is 13.2 Å². The second kappa shape index (κ2) is 6.84. The number of hydrogen-bond acceptors (Lipinski definition) is 3. The van der Waals surface area contributed by atoms with Crippen molar-refractivity contribution in [3.63, 3.8) is 0 Å². The molecule has 0 aliphatic carbocycles. The first-order valence-electron chi connectivity index (χ1n) is 6.07. The van der Waals surface area contributed by atoms with Gasteiger partial charge >= 0.3 is 0 Å². The van der Waals surface area contributed by atoms with Crippen LogP contribution in [0, 0.1) is 0 Å². The first kappa shape index (κ1) is 15.0. The third-order valence-corrected chi connectivity index (χ3v) is 3.60. The summed E-state index contributed by atoms with van der Waals surface area (Å²) in [6, 6.07) is 11.0. The molecule has 2 aromatic rings. The molecule has 2 N–H and O–H groups in total. The van der Waals surface area contributed by atoms with Gasteiger partial charge in [0, 0.05) is 12.1 Å². The van der Waals surface area contributed by atoms with Crippen molar-refractivity contribution in [2.75, 3.05) is 7.11 Å². The fourth-order valence-electron chi connectivity index (χ4n) is 1.77. The zero-order valence-electron chi connectivity index (χ0n) is 11.0. The van der Waals surface area contributed by atoms with Gasteiger partial charge in [-0.3, -0.25) is 0 Å². The van der Waals surface area contributed by atoms with E-state index < -0.39 is 0 Å². The highest BCUT2D eigenvalue weighted by atomic mass is 35.5. The molecule has 0 saturated heterocycles. The zero-order chi connectivity index (χ0) is 14.5. The molecule has 5 heteroatoms. The molecule has 0 saturated carbocycles. The van der Waals surface area contributed by atoms with Crippen molar-refractivity contribution in [2.45, 2.75) is 13.2 Å². The lowest BCUT2D eigenvalue weighted by Crippen LogP contribution is -2.03. The fraction of sp³-hybridized carbons (Fsp3) is 0.200. The third-order valence-electron chi connectivity index (χ3n) is 2.87. The van der Waals surface area contributed by atoms with Crippen molar-refractivity contribution >= 4 is 23.2 Å².